The molecule has 3 rings (SSSR count). The second kappa shape index (κ2) is 6.31. The van der Waals surface area contributed by atoms with Crippen molar-refractivity contribution in [3.63, 3.8) is 0 Å². The number of sulfonamides is 1. The fourth-order valence-corrected chi connectivity index (χ4v) is 3.89. The van der Waals surface area contributed by atoms with E-state index in [9.17, 15) is 13.5 Å². The Morgan fingerprint density at radius 3 is 2.26 bits per heavy atom. The zero-order valence-corrected chi connectivity index (χ0v) is 13.8. The van der Waals surface area contributed by atoms with E-state index in [0.717, 1.165) is 37.1 Å². The van der Waals surface area contributed by atoms with E-state index in [2.05, 4.69) is 10.0 Å². The zero-order chi connectivity index (χ0) is 16.4. The Hall–Kier alpha value is -1.89. The van der Waals surface area contributed by atoms with Gasteiger partial charge in [-0.15, -0.1) is 0 Å². The van der Waals surface area contributed by atoms with Gasteiger partial charge < -0.3 is 10.4 Å². The summed E-state index contributed by atoms with van der Waals surface area (Å²) in [4.78, 5) is 0.284. The molecule has 3 N–H and O–H groups in total. The van der Waals surface area contributed by atoms with Gasteiger partial charge in [0.15, 0.2) is 0 Å². The summed E-state index contributed by atoms with van der Waals surface area (Å²) < 4.78 is 27.3. The van der Waals surface area contributed by atoms with E-state index in [-0.39, 0.29) is 10.6 Å². The molecule has 0 amide bonds. The molecule has 6 heteroatoms. The summed E-state index contributed by atoms with van der Waals surface area (Å²) in [6.45, 7) is 1.74. The van der Waals surface area contributed by atoms with Crippen LogP contribution in [0.2, 0.25) is 0 Å². The summed E-state index contributed by atoms with van der Waals surface area (Å²) in [5, 5.41) is 12.8. The summed E-state index contributed by atoms with van der Waals surface area (Å²) in [6, 6.07) is 10.4. The molecule has 1 aliphatic rings. The van der Waals surface area contributed by atoms with Crippen LogP contribution in [0.1, 0.15) is 11.1 Å². The quantitative estimate of drug-likeness (QED) is 0.799. The molecular weight excluding hydrogens is 312 g/mol. The van der Waals surface area contributed by atoms with Gasteiger partial charge in [-0.2, -0.15) is 0 Å². The molecule has 0 radical (unpaired) electrons. The van der Waals surface area contributed by atoms with Gasteiger partial charge in [-0.3, -0.25) is 0 Å². The lowest BCUT2D eigenvalue weighted by Gasteiger charge is -2.15. The first kappa shape index (κ1) is 16.0. The van der Waals surface area contributed by atoms with Gasteiger partial charge >= 0.3 is 0 Å². The number of aromatic hydroxyl groups is 1. The van der Waals surface area contributed by atoms with Crippen LogP contribution in [0, 0.1) is 0 Å². The molecule has 2 aromatic rings. The average Bonchev–Trinajstić information content (AvgIpc) is 2.79. The lowest BCUT2D eigenvalue weighted by molar-refractivity contribution is 0.475. The van der Waals surface area contributed by atoms with Crippen LogP contribution in [0.3, 0.4) is 0 Å². The Bertz CT molecular complexity index is 814. The Morgan fingerprint density at radius 2 is 1.65 bits per heavy atom. The van der Waals surface area contributed by atoms with Crippen molar-refractivity contribution >= 4 is 10.0 Å². The van der Waals surface area contributed by atoms with Crippen LogP contribution in [-0.4, -0.2) is 33.7 Å². The van der Waals surface area contributed by atoms with Crippen LogP contribution < -0.4 is 10.0 Å². The number of hydrogen-bond donors (Lipinski definition) is 3. The third-order valence-electron chi connectivity index (χ3n) is 4.18. The molecule has 5 nitrogen and oxygen atoms in total. The van der Waals surface area contributed by atoms with E-state index in [1.54, 1.807) is 30.3 Å². The molecule has 1 heterocycles. The number of phenolic OH excluding ortho intramolecular Hbond substituents is 1. The lowest BCUT2D eigenvalue weighted by Crippen LogP contribution is -2.20. The number of phenols is 1. The number of nitrogens with one attached hydrogen (secondary N) is 2. The molecule has 0 aromatic heterocycles. The first-order valence-corrected chi connectivity index (χ1v) is 9.09. The van der Waals surface area contributed by atoms with Crippen molar-refractivity contribution in [2.75, 3.05) is 20.1 Å². The minimum atomic E-state index is -3.57. The minimum Gasteiger partial charge on any atom is -0.508 e. The highest BCUT2D eigenvalue weighted by Gasteiger charge is 2.21. The SMILES string of the molecule is CNS(=O)(=O)c1cc2c(cc1-c1ccc(O)cc1)CCNCC2. The molecule has 0 aliphatic carbocycles. The summed E-state index contributed by atoms with van der Waals surface area (Å²) in [5.41, 5.74) is 3.69. The van der Waals surface area contributed by atoms with E-state index in [4.69, 9.17) is 0 Å². The van der Waals surface area contributed by atoms with Gasteiger partial charge in [-0.1, -0.05) is 12.1 Å². The van der Waals surface area contributed by atoms with Crippen molar-refractivity contribution in [2.45, 2.75) is 17.7 Å². The molecule has 23 heavy (non-hydrogen) atoms. The van der Waals surface area contributed by atoms with Crippen LogP contribution in [-0.2, 0) is 22.9 Å². The molecule has 0 spiro atoms. The molecule has 0 saturated carbocycles. The van der Waals surface area contributed by atoms with E-state index < -0.39 is 10.0 Å². The fraction of sp³-hybridized carbons (Fsp3) is 0.294. The number of benzene rings is 2. The summed E-state index contributed by atoms with van der Waals surface area (Å²) >= 11 is 0. The number of hydrogen-bond acceptors (Lipinski definition) is 4. The van der Waals surface area contributed by atoms with Crippen LogP contribution in [0.25, 0.3) is 11.1 Å². The van der Waals surface area contributed by atoms with Crippen LogP contribution >= 0.6 is 0 Å². The second-order valence-electron chi connectivity index (χ2n) is 5.62. The van der Waals surface area contributed by atoms with Crippen LogP contribution in [0.5, 0.6) is 5.75 Å². The van der Waals surface area contributed by atoms with Gasteiger partial charge in [0.05, 0.1) is 4.90 Å². The standard InChI is InChI=1S/C17H20N2O3S/c1-18-23(21,22)17-11-14-7-9-19-8-6-13(14)10-16(17)12-2-4-15(20)5-3-12/h2-5,10-11,18-20H,6-9H2,1H3. The summed E-state index contributed by atoms with van der Waals surface area (Å²) in [5.74, 6) is 0.158. The highest BCUT2D eigenvalue weighted by Crippen LogP contribution is 2.32. The molecule has 0 bridgehead atoms. The monoisotopic (exact) mass is 332 g/mol. The minimum absolute atomic E-state index is 0.158. The van der Waals surface area contributed by atoms with Crippen molar-refractivity contribution in [3.05, 3.63) is 47.5 Å². The molecule has 0 saturated heterocycles. The molecule has 0 unspecified atom stereocenters. The lowest BCUT2D eigenvalue weighted by atomic mass is 9.96. The second-order valence-corrected chi connectivity index (χ2v) is 7.48. The number of fused-ring (bicyclic) bond motifs is 1. The van der Waals surface area contributed by atoms with Gasteiger partial charge in [-0.05, 0) is 73.9 Å². The first-order valence-electron chi connectivity index (χ1n) is 7.61. The summed E-state index contributed by atoms with van der Waals surface area (Å²) in [6.07, 6.45) is 1.69. The Labute approximate surface area is 136 Å². The molecule has 1 aliphatic heterocycles. The van der Waals surface area contributed by atoms with E-state index in [1.807, 2.05) is 6.07 Å². The predicted octanol–water partition coefficient (Wildman–Crippen LogP) is 1.66. The maximum atomic E-state index is 12.5. The van der Waals surface area contributed by atoms with Crippen molar-refractivity contribution in [3.8, 4) is 16.9 Å². The molecular formula is C17H20N2O3S. The average molecular weight is 332 g/mol. The normalized spacial score (nSPS) is 15.0. The molecule has 2 aromatic carbocycles. The van der Waals surface area contributed by atoms with Gasteiger partial charge in [-0.25, -0.2) is 13.1 Å². The number of rotatable bonds is 3. The fourth-order valence-electron chi connectivity index (χ4n) is 2.90. The smallest absolute Gasteiger partial charge is 0.240 e. The van der Waals surface area contributed by atoms with Crippen LogP contribution in [0.15, 0.2) is 41.3 Å². The Morgan fingerprint density at radius 1 is 1.04 bits per heavy atom. The van der Waals surface area contributed by atoms with Crippen molar-refractivity contribution < 1.29 is 13.5 Å². The zero-order valence-electron chi connectivity index (χ0n) is 13.0. The molecule has 0 atom stereocenters. The molecule has 0 fully saturated rings. The highest BCUT2D eigenvalue weighted by atomic mass is 32.2. The van der Waals surface area contributed by atoms with E-state index >= 15 is 0 Å². The summed E-state index contributed by atoms with van der Waals surface area (Å²) in [7, 11) is -2.15. The van der Waals surface area contributed by atoms with Crippen LogP contribution in [0.4, 0.5) is 0 Å². The third-order valence-corrected chi connectivity index (χ3v) is 5.63. The molecule has 122 valence electrons. The van der Waals surface area contributed by atoms with Crippen molar-refractivity contribution in [1.82, 2.24) is 10.0 Å². The Kier molecular flexibility index (Phi) is 4.39. The van der Waals surface area contributed by atoms with Gasteiger partial charge in [0.1, 0.15) is 5.75 Å². The largest absolute Gasteiger partial charge is 0.508 e. The topological polar surface area (TPSA) is 78.4 Å². The first-order chi connectivity index (χ1) is 11.0. The highest BCUT2D eigenvalue weighted by molar-refractivity contribution is 7.89. The van der Waals surface area contributed by atoms with E-state index in [1.165, 1.54) is 12.6 Å². The van der Waals surface area contributed by atoms with Gasteiger partial charge in [0.25, 0.3) is 0 Å². The maximum Gasteiger partial charge on any atom is 0.240 e. The van der Waals surface area contributed by atoms with Gasteiger partial charge in [0.2, 0.25) is 10.0 Å². The van der Waals surface area contributed by atoms with E-state index in [0.29, 0.717) is 5.56 Å². The van der Waals surface area contributed by atoms with Gasteiger partial charge in [0, 0.05) is 5.56 Å². The van der Waals surface area contributed by atoms with Crippen molar-refractivity contribution in [1.29, 1.82) is 0 Å². The Balaban J connectivity index is 2.23. The predicted molar refractivity (Wildman–Crippen MR) is 90.1 cm³/mol. The van der Waals surface area contributed by atoms with Crippen molar-refractivity contribution in [2.24, 2.45) is 0 Å². The third kappa shape index (κ3) is 3.24. The maximum absolute atomic E-state index is 12.5.